The Hall–Kier alpha value is -2.27. The van der Waals surface area contributed by atoms with Crippen LogP contribution in [0.2, 0.25) is 0 Å². The molecular formula is C14H15N5. The van der Waals surface area contributed by atoms with Crippen LogP contribution < -0.4 is 0 Å². The van der Waals surface area contributed by atoms with E-state index in [-0.39, 0.29) is 0 Å². The molecule has 0 saturated carbocycles. The van der Waals surface area contributed by atoms with Gasteiger partial charge in [-0.1, -0.05) is 6.07 Å². The molecule has 0 N–H and O–H groups in total. The van der Waals surface area contributed by atoms with Gasteiger partial charge in [-0.05, 0) is 24.7 Å². The van der Waals surface area contributed by atoms with E-state index in [1.165, 1.54) is 5.56 Å². The van der Waals surface area contributed by atoms with Crippen molar-refractivity contribution in [2.24, 2.45) is 0 Å². The lowest BCUT2D eigenvalue weighted by molar-refractivity contribution is 0.314. The molecule has 0 saturated heterocycles. The lowest BCUT2D eigenvalue weighted by Crippen LogP contribution is -2.18. The van der Waals surface area contributed by atoms with Gasteiger partial charge in [-0.3, -0.25) is 14.3 Å². The van der Waals surface area contributed by atoms with Crippen LogP contribution in [0.4, 0.5) is 0 Å². The van der Waals surface area contributed by atoms with Gasteiger partial charge in [0.05, 0.1) is 11.9 Å². The molecule has 3 rings (SSSR count). The van der Waals surface area contributed by atoms with Crippen molar-refractivity contribution in [1.29, 1.82) is 0 Å². The van der Waals surface area contributed by atoms with Crippen molar-refractivity contribution < 1.29 is 0 Å². The van der Waals surface area contributed by atoms with E-state index in [2.05, 4.69) is 33.0 Å². The molecule has 0 radical (unpaired) electrons. The first kappa shape index (κ1) is 11.8. The largest absolute Gasteiger partial charge is 0.296 e. The lowest BCUT2D eigenvalue weighted by Gasteiger charge is -2.15. The van der Waals surface area contributed by atoms with Crippen LogP contribution in [0.5, 0.6) is 0 Å². The van der Waals surface area contributed by atoms with E-state index in [0.717, 1.165) is 24.6 Å². The molecule has 0 amide bonds. The summed E-state index contributed by atoms with van der Waals surface area (Å²) in [7, 11) is 2.09. The lowest BCUT2D eigenvalue weighted by atomic mass is 10.2. The molecular weight excluding hydrogens is 238 g/mol. The van der Waals surface area contributed by atoms with Gasteiger partial charge < -0.3 is 0 Å². The highest BCUT2D eigenvalue weighted by molar-refractivity contribution is 5.30. The highest BCUT2D eigenvalue weighted by atomic mass is 15.1. The Morgan fingerprint density at radius 3 is 2.89 bits per heavy atom. The molecule has 0 aliphatic rings. The maximum absolute atomic E-state index is 4.29. The van der Waals surface area contributed by atoms with Crippen LogP contribution in [0, 0.1) is 0 Å². The number of fused-ring (bicyclic) bond motifs is 1. The second-order valence-electron chi connectivity index (χ2n) is 4.57. The number of aromatic nitrogens is 4. The van der Waals surface area contributed by atoms with Crippen molar-refractivity contribution in [3.05, 3.63) is 60.4 Å². The van der Waals surface area contributed by atoms with Crippen molar-refractivity contribution in [1.82, 2.24) is 24.3 Å². The van der Waals surface area contributed by atoms with E-state index >= 15 is 0 Å². The van der Waals surface area contributed by atoms with Crippen LogP contribution in [0.3, 0.4) is 0 Å². The summed E-state index contributed by atoms with van der Waals surface area (Å²) in [6.07, 6.45) is 9.31. The summed E-state index contributed by atoms with van der Waals surface area (Å²) in [6.45, 7) is 1.68. The Labute approximate surface area is 111 Å². The smallest absolute Gasteiger partial charge is 0.233 e. The third-order valence-electron chi connectivity index (χ3n) is 2.97. The Balaban J connectivity index is 1.74. The van der Waals surface area contributed by atoms with Crippen molar-refractivity contribution in [2.45, 2.75) is 13.1 Å². The molecule has 0 fully saturated rings. The number of rotatable bonds is 4. The number of imidazole rings is 1. The minimum absolute atomic E-state index is 0.743. The van der Waals surface area contributed by atoms with Gasteiger partial charge in [0, 0.05) is 37.9 Å². The van der Waals surface area contributed by atoms with E-state index in [4.69, 9.17) is 0 Å². The van der Waals surface area contributed by atoms with Crippen molar-refractivity contribution in [2.75, 3.05) is 7.05 Å². The number of pyridine rings is 1. The molecule has 0 unspecified atom stereocenters. The molecule has 96 valence electrons. The fourth-order valence-corrected chi connectivity index (χ4v) is 2.13. The minimum atomic E-state index is 0.743. The van der Waals surface area contributed by atoms with Gasteiger partial charge >= 0.3 is 0 Å². The van der Waals surface area contributed by atoms with Crippen LogP contribution in [0.1, 0.15) is 11.3 Å². The van der Waals surface area contributed by atoms with Gasteiger partial charge in [-0.15, -0.1) is 0 Å². The highest BCUT2D eigenvalue weighted by Gasteiger charge is 2.07. The Morgan fingerprint density at radius 2 is 2.05 bits per heavy atom. The normalized spacial score (nSPS) is 11.3. The average Bonchev–Trinajstić information content (AvgIpc) is 2.83. The zero-order chi connectivity index (χ0) is 13.1. The Bertz CT molecular complexity index is 662. The molecule has 0 aliphatic heterocycles. The first-order valence-corrected chi connectivity index (χ1v) is 6.17. The molecule has 0 spiro atoms. The van der Waals surface area contributed by atoms with E-state index in [9.17, 15) is 0 Å². The van der Waals surface area contributed by atoms with Gasteiger partial charge in [0.2, 0.25) is 5.78 Å². The molecule has 0 aromatic carbocycles. The zero-order valence-corrected chi connectivity index (χ0v) is 10.8. The highest BCUT2D eigenvalue weighted by Crippen LogP contribution is 2.08. The molecule has 3 aromatic rings. The standard InChI is InChI=1S/C14H15N5/c1-18(10-12-4-2-5-15-8-12)11-13-9-17-14-16-6-3-7-19(13)14/h2-9H,10-11H2,1H3. The van der Waals surface area contributed by atoms with Crippen molar-refractivity contribution in [3.8, 4) is 0 Å². The van der Waals surface area contributed by atoms with E-state index < -0.39 is 0 Å². The van der Waals surface area contributed by atoms with E-state index in [0.29, 0.717) is 0 Å². The first-order chi connectivity index (χ1) is 9.33. The summed E-state index contributed by atoms with van der Waals surface area (Å²) < 4.78 is 2.01. The molecule has 0 aliphatic carbocycles. The number of hydrogen-bond acceptors (Lipinski definition) is 4. The fourth-order valence-electron chi connectivity index (χ4n) is 2.13. The van der Waals surface area contributed by atoms with Crippen molar-refractivity contribution in [3.63, 3.8) is 0 Å². The third kappa shape index (κ3) is 2.61. The summed E-state index contributed by atoms with van der Waals surface area (Å²) >= 11 is 0. The number of nitrogens with zero attached hydrogens (tertiary/aromatic N) is 5. The van der Waals surface area contributed by atoms with Crippen LogP contribution >= 0.6 is 0 Å². The van der Waals surface area contributed by atoms with Gasteiger partial charge in [-0.25, -0.2) is 9.97 Å². The summed E-state index contributed by atoms with van der Waals surface area (Å²) in [4.78, 5) is 14.9. The quantitative estimate of drug-likeness (QED) is 0.710. The summed E-state index contributed by atoms with van der Waals surface area (Å²) in [5.74, 6) is 0.743. The molecule has 5 nitrogen and oxygen atoms in total. The zero-order valence-electron chi connectivity index (χ0n) is 10.8. The minimum Gasteiger partial charge on any atom is -0.296 e. The molecule has 0 bridgehead atoms. The molecule has 3 aromatic heterocycles. The van der Waals surface area contributed by atoms with E-state index in [1.54, 1.807) is 12.4 Å². The SMILES string of the molecule is CN(Cc1cccnc1)Cc1cnc2ncccn12. The first-order valence-electron chi connectivity index (χ1n) is 6.17. The summed E-state index contributed by atoms with van der Waals surface area (Å²) in [6, 6.07) is 5.96. The third-order valence-corrected chi connectivity index (χ3v) is 2.97. The Kier molecular flexibility index (Phi) is 3.20. The predicted molar refractivity (Wildman–Crippen MR) is 72.4 cm³/mol. The second kappa shape index (κ2) is 5.16. The summed E-state index contributed by atoms with van der Waals surface area (Å²) in [5, 5.41) is 0. The number of hydrogen-bond donors (Lipinski definition) is 0. The second-order valence-corrected chi connectivity index (χ2v) is 4.57. The van der Waals surface area contributed by atoms with Gasteiger partial charge in [-0.2, -0.15) is 0 Å². The van der Waals surface area contributed by atoms with E-state index in [1.807, 2.05) is 35.1 Å². The van der Waals surface area contributed by atoms with Crippen LogP contribution in [-0.2, 0) is 13.1 Å². The fraction of sp³-hybridized carbons (Fsp3) is 0.214. The summed E-state index contributed by atoms with van der Waals surface area (Å²) in [5.41, 5.74) is 2.34. The van der Waals surface area contributed by atoms with Crippen LogP contribution in [0.25, 0.3) is 5.78 Å². The van der Waals surface area contributed by atoms with Crippen LogP contribution in [-0.4, -0.2) is 31.3 Å². The van der Waals surface area contributed by atoms with Crippen LogP contribution in [0.15, 0.2) is 49.2 Å². The molecule has 0 atom stereocenters. The van der Waals surface area contributed by atoms with Gasteiger partial charge in [0.1, 0.15) is 0 Å². The Morgan fingerprint density at radius 1 is 1.11 bits per heavy atom. The van der Waals surface area contributed by atoms with Gasteiger partial charge in [0.15, 0.2) is 0 Å². The molecule has 19 heavy (non-hydrogen) atoms. The predicted octanol–water partition coefficient (Wildman–Crippen LogP) is 1.76. The molecule has 5 heteroatoms. The average molecular weight is 253 g/mol. The maximum atomic E-state index is 4.29. The van der Waals surface area contributed by atoms with Gasteiger partial charge in [0.25, 0.3) is 0 Å². The molecule has 3 heterocycles. The maximum Gasteiger partial charge on any atom is 0.233 e. The topological polar surface area (TPSA) is 46.3 Å². The monoisotopic (exact) mass is 253 g/mol. The van der Waals surface area contributed by atoms with Crippen molar-refractivity contribution >= 4 is 5.78 Å².